The number of hydrogen-bond donors (Lipinski definition) is 1. The van der Waals surface area contributed by atoms with Gasteiger partial charge in [0.2, 0.25) is 5.88 Å². The summed E-state index contributed by atoms with van der Waals surface area (Å²) in [4.78, 5) is 10.6. The molecule has 0 saturated carbocycles. The Balaban J connectivity index is 1.79. The van der Waals surface area contributed by atoms with Gasteiger partial charge in [-0.1, -0.05) is 0 Å². The van der Waals surface area contributed by atoms with Crippen LogP contribution >= 0.6 is 0 Å². The number of nitrogens with one attached hydrogen (secondary N) is 1. The summed E-state index contributed by atoms with van der Waals surface area (Å²) in [6.07, 6.45) is 3.32. The van der Waals surface area contributed by atoms with Crippen molar-refractivity contribution in [3.63, 3.8) is 0 Å². The Hall–Kier alpha value is -2.22. The fraction of sp³-hybridized carbons (Fsp3) is 0.538. The SMILES string of the molecule is CCOc1cc(N2C[C@@H](OC)[C@H](c3cn[nH]n3)C2)ncn1. The fourth-order valence-corrected chi connectivity index (χ4v) is 2.60. The van der Waals surface area contributed by atoms with Gasteiger partial charge in [0.05, 0.1) is 30.5 Å². The summed E-state index contributed by atoms with van der Waals surface area (Å²) < 4.78 is 11.0. The zero-order chi connectivity index (χ0) is 14.7. The van der Waals surface area contributed by atoms with Crippen LogP contribution < -0.4 is 9.64 Å². The number of anilines is 1. The molecule has 0 radical (unpaired) electrons. The maximum absolute atomic E-state index is 5.58. The van der Waals surface area contributed by atoms with Gasteiger partial charge in [0.25, 0.3) is 0 Å². The van der Waals surface area contributed by atoms with E-state index in [2.05, 4.69) is 30.3 Å². The first-order valence-corrected chi connectivity index (χ1v) is 6.90. The molecule has 2 aromatic rings. The largest absolute Gasteiger partial charge is 0.478 e. The molecule has 21 heavy (non-hydrogen) atoms. The first-order valence-electron chi connectivity index (χ1n) is 6.90. The topological polar surface area (TPSA) is 89.0 Å². The van der Waals surface area contributed by atoms with Crippen LogP contribution in [0.15, 0.2) is 18.6 Å². The molecular weight excluding hydrogens is 272 g/mol. The highest BCUT2D eigenvalue weighted by atomic mass is 16.5. The minimum absolute atomic E-state index is 0.0561. The van der Waals surface area contributed by atoms with Gasteiger partial charge in [0.1, 0.15) is 12.1 Å². The Kier molecular flexibility index (Phi) is 3.96. The molecule has 1 fully saturated rings. The first kappa shape index (κ1) is 13.7. The Morgan fingerprint density at radius 3 is 3.00 bits per heavy atom. The summed E-state index contributed by atoms with van der Waals surface area (Å²) in [7, 11) is 1.72. The van der Waals surface area contributed by atoms with Crippen molar-refractivity contribution in [2.45, 2.75) is 18.9 Å². The number of aromatic nitrogens is 5. The van der Waals surface area contributed by atoms with Crippen LogP contribution in [0.5, 0.6) is 5.88 Å². The van der Waals surface area contributed by atoms with Gasteiger partial charge in [-0.25, -0.2) is 9.97 Å². The monoisotopic (exact) mass is 290 g/mol. The lowest BCUT2D eigenvalue weighted by atomic mass is 10.0. The molecule has 3 rings (SSSR count). The van der Waals surface area contributed by atoms with Crippen LogP contribution in [0.3, 0.4) is 0 Å². The molecule has 0 bridgehead atoms. The van der Waals surface area contributed by atoms with Crippen LogP contribution in [0, 0.1) is 0 Å². The lowest BCUT2D eigenvalue weighted by Crippen LogP contribution is -2.23. The predicted octanol–water partition coefficient (Wildman–Crippen LogP) is 0.612. The maximum atomic E-state index is 5.58. The zero-order valence-corrected chi connectivity index (χ0v) is 12.1. The molecular formula is C13H18N6O2. The molecule has 8 heteroatoms. The molecule has 0 aromatic carbocycles. The van der Waals surface area contributed by atoms with Crippen LogP contribution in [0.1, 0.15) is 18.5 Å². The lowest BCUT2D eigenvalue weighted by Gasteiger charge is -2.17. The van der Waals surface area contributed by atoms with Crippen molar-refractivity contribution in [2.75, 3.05) is 31.7 Å². The Morgan fingerprint density at radius 1 is 1.38 bits per heavy atom. The minimum Gasteiger partial charge on any atom is -0.478 e. The predicted molar refractivity (Wildman–Crippen MR) is 75.3 cm³/mol. The Labute approximate surface area is 122 Å². The van der Waals surface area contributed by atoms with E-state index >= 15 is 0 Å². The molecule has 1 N–H and O–H groups in total. The fourth-order valence-electron chi connectivity index (χ4n) is 2.60. The smallest absolute Gasteiger partial charge is 0.218 e. The summed E-state index contributed by atoms with van der Waals surface area (Å²) in [5.41, 5.74) is 0.906. The van der Waals surface area contributed by atoms with Crippen LogP contribution in [-0.2, 0) is 4.74 Å². The molecule has 0 spiro atoms. The van der Waals surface area contributed by atoms with Crippen LogP contribution in [-0.4, -0.2) is 58.3 Å². The molecule has 3 heterocycles. The second-order valence-corrected chi connectivity index (χ2v) is 4.83. The molecule has 2 atom stereocenters. The average molecular weight is 290 g/mol. The van der Waals surface area contributed by atoms with Crippen molar-refractivity contribution in [3.05, 3.63) is 24.3 Å². The van der Waals surface area contributed by atoms with E-state index in [0.717, 1.165) is 24.6 Å². The third kappa shape index (κ3) is 2.80. The van der Waals surface area contributed by atoms with Crippen molar-refractivity contribution < 1.29 is 9.47 Å². The van der Waals surface area contributed by atoms with Gasteiger partial charge < -0.3 is 14.4 Å². The third-order valence-electron chi connectivity index (χ3n) is 3.63. The molecule has 0 amide bonds. The van der Waals surface area contributed by atoms with Gasteiger partial charge in [-0.2, -0.15) is 15.4 Å². The highest BCUT2D eigenvalue weighted by Gasteiger charge is 2.36. The Bertz CT molecular complexity index is 576. The highest BCUT2D eigenvalue weighted by molar-refractivity contribution is 5.43. The van der Waals surface area contributed by atoms with Crippen LogP contribution in [0.2, 0.25) is 0 Å². The van der Waals surface area contributed by atoms with Crippen molar-refractivity contribution in [2.24, 2.45) is 0 Å². The van der Waals surface area contributed by atoms with Crippen molar-refractivity contribution >= 4 is 5.82 Å². The third-order valence-corrected chi connectivity index (χ3v) is 3.63. The first-order chi connectivity index (χ1) is 10.3. The minimum atomic E-state index is 0.0561. The second kappa shape index (κ2) is 6.04. The van der Waals surface area contributed by atoms with Gasteiger partial charge in [-0.15, -0.1) is 0 Å². The quantitative estimate of drug-likeness (QED) is 0.863. The van der Waals surface area contributed by atoms with Crippen LogP contribution in [0.4, 0.5) is 5.82 Å². The number of nitrogens with zero attached hydrogens (tertiary/aromatic N) is 5. The van der Waals surface area contributed by atoms with E-state index in [1.54, 1.807) is 13.3 Å². The Morgan fingerprint density at radius 2 is 2.29 bits per heavy atom. The van der Waals surface area contributed by atoms with Gasteiger partial charge in [0, 0.05) is 26.3 Å². The number of ether oxygens (including phenoxy) is 2. The lowest BCUT2D eigenvalue weighted by molar-refractivity contribution is 0.105. The number of hydrogen-bond acceptors (Lipinski definition) is 7. The second-order valence-electron chi connectivity index (χ2n) is 4.83. The van der Waals surface area contributed by atoms with Gasteiger partial charge in [-0.05, 0) is 6.92 Å². The summed E-state index contributed by atoms with van der Waals surface area (Å²) in [6, 6.07) is 1.85. The molecule has 1 aliphatic rings. The summed E-state index contributed by atoms with van der Waals surface area (Å²) in [5.74, 6) is 1.59. The summed E-state index contributed by atoms with van der Waals surface area (Å²) >= 11 is 0. The van der Waals surface area contributed by atoms with E-state index in [1.807, 2.05) is 13.0 Å². The highest BCUT2D eigenvalue weighted by Crippen LogP contribution is 2.31. The standard InChI is InChI=1S/C13H18N6O2/c1-3-21-13-4-12(14-8-15-13)19-6-9(11(7-19)20-2)10-5-16-18-17-10/h4-5,8-9,11H,3,6-7H2,1-2H3,(H,16,17,18)/t9-,11+/m0/s1. The van der Waals surface area contributed by atoms with Crippen molar-refractivity contribution in [3.8, 4) is 5.88 Å². The molecule has 2 aromatic heterocycles. The van der Waals surface area contributed by atoms with Crippen LogP contribution in [0.25, 0.3) is 0 Å². The number of rotatable bonds is 5. The average Bonchev–Trinajstić information content (AvgIpc) is 3.17. The van der Waals surface area contributed by atoms with Crippen molar-refractivity contribution in [1.82, 2.24) is 25.4 Å². The van der Waals surface area contributed by atoms with E-state index in [0.29, 0.717) is 12.5 Å². The van der Waals surface area contributed by atoms with Gasteiger partial charge in [0.15, 0.2) is 0 Å². The van der Waals surface area contributed by atoms with E-state index in [-0.39, 0.29) is 12.0 Å². The van der Waals surface area contributed by atoms with E-state index in [9.17, 15) is 0 Å². The molecule has 0 unspecified atom stereocenters. The normalized spacial score (nSPS) is 21.7. The van der Waals surface area contributed by atoms with E-state index < -0.39 is 0 Å². The number of aromatic amines is 1. The molecule has 112 valence electrons. The molecule has 1 saturated heterocycles. The summed E-state index contributed by atoms with van der Waals surface area (Å²) in [6.45, 7) is 4.03. The molecule has 1 aliphatic heterocycles. The van der Waals surface area contributed by atoms with E-state index in [4.69, 9.17) is 9.47 Å². The maximum Gasteiger partial charge on any atom is 0.218 e. The number of H-pyrrole nitrogens is 1. The molecule has 0 aliphatic carbocycles. The summed E-state index contributed by atoms with van der Waals surface area (Å²) in [5, 5.41) is 10.7. The van der Waals surface area contributed by atoms with E-state index in [1.165, 1.54) is 6.33 Å². The zero-order valence-electron chi connectivity index (χ0n) is 12.1. The number of methoxy groups -OCH3 is 1. The van der Waals surface area contributed by atoms with Gasteiger partial charge >= 0.3 is 0 Å². The van der Waals surface area contributed by atoms with Crippen molar-refractivity contribution in [1.29, 1.82) is 0 Å². The molecule has 8 nitrogen and oxygen atoms in total. The van der Waals surface area contributed by atoms with Gasteiger partial charge in [-0.3, -0.25) is 0 Å².